The van der Waals surface area contributed by atoms with Crippen LogP contribution in [-0.4, -0.2) is 15.0 Å². The van der Waals surface area contributed by atoms with Crippen LogP contribution < -0.4 is 0 Å². The summed E-state index contributed by atoms with van der Waals surface area (Å²) in [6, 6.07) is 58.4. The van der Waals surface area contributed by atoms with Gasteiger partial charge in [-0.3, -0.25) is 4.98 Å². The Labute approximate surface area is 289 Å². The monoisotopic (exact) mass is 635 g/mol. The van der Waals surface area contributed by atoms with Gasteiger partial charge in [-0.05, 0) is 89.9 Å². The molecule has 50 heavy (non-hydrogen) atoms. The summed E-state index contributed by atoms with van der Waals surface area (Å²) in [5.74, 6) is 0.697. The number of benzene rings is 8. The van der Waals surface area contributed by atoms with E-state index < -0.39 is 0 Å². The molecule has 0 aliphatic carbocycles. The summed E-state index contributed by atoms with van der Waals surface area (Å²) in [5.41, 5.74) is 7.32. The molecule has 0 saturated heterocycles. The van der Waals surface area contributed by atoms with Gasteiger partial charge in [-0.1, -0.05) is 133 Å². The first kappa shape index (κ1) is 28.3. The summed E-state index contributed by atoms with van der Waals surface area (Å²) < 4.78 is 0. The third-order valence-corrected chi connectivity index (χ3v) is 9.90. The summed E-state index contributed by atoms with van der Waals surface area (Å²) in [7, 11) is 0. The van der Waals surface area contributed by atoms with E-state index >= 15 is 0 Å². The van der Waals surface area contributed by atoms with Gasteiger partial charge in [0.1, 0.15) is 0 Å². The van der Waals surface area contributed by atoms with Crippen molar-refractivity contribution in [2.75, 3.05) is 0 Å². The molecule has 0 amide bonds. The molecule has 0 aliphatic rings. The van der Waals surface area contributed by atoms with Crippen molar-refractivity contribution in [1.82, 2.24) is 15.0 Å². The normalized spacial score (nSPS) is 11.6. The van der Waals surface area contributed by atoms with Crippen LogP contribution in [0.3, 0.4) is 0 Å². The zero-order valence-corrected chi connectivity index (χ0v) is 27.1. The van der Waals surface area contributed by atoms with Gasteiger partial charge in [-0.25, -0.2) is 9.97 Å². The van der Waals surface area contributed by atoms with Crippen LogP contribution in [0.25, 0.3) is 98.9 Å². The Balaban J connectivity index is 1.24. The van der Waals surface area contributed by atoms with E-state index in [4.69, 9.17) is 9.97 Å². The van der Waals surface area contributed by atoms with Crippen LogP contribution in [0, 0.1) is 0 Å². The minimum atomic E-state index is 0.697. The topological polar surface area (TPSA) is 38.7 Å². The molecule has 0 spiro atoms. The van der Waals surface area contributed by atoms with Gasteiger partial charge in [0.05, 0.1) is 11.4 Å². The highest BCUT2D eigenvalue weighted by Gasteiger charge is 2.18. The molecule has 0 bridgehead atoms. The third-order valence-electron chi connectivity index (χ3n) is 9.90. The van der Waals surface area contributed by atoms with Crippen molar-refractivity contribution >= 4 is 53.9 Å². The fourth-order valence-corrected chi connectivity index (χ4v) is 7.49. The van der Waals surface area contributed by atoms with E-state index in [1.165, 1.54) is 48.5 Å². The zero-order valence-electron chi connectivity index (χ0n) is 27.1. The summed E-state index contributed by atoms with van der Waals surface area (Å²) in [6.45, 7) is 0. The Kier molecular flexibility index (Phi) is 6.49. The van der Waals surface area contributed by atoms with Crippen molar-refractivity contribution in [3.05, 3.63) is 176 Å². The second-order valence-corrected chi connectivity index (χ2v) is 12.9. The molecule has 2 heterocycles. The second-order valence-electron chi connectivity index (χ2n) is 12.9. The van der Waals surface area contributed by atoms with Crippen molar-refractivity contribution in [3.8, 4) is 45.0 Å². The Morgan fingerprint density at radius 3 is 1.30 bits per heavy atom. The van der Waals surface area contributed by atoms with Crippen LogP contribution in [0.2, 0.25) is 0 Å². The van der Waals surface area contributed by atoms with E-state index in [1.54, 1.807) is 0 Å². The largest absolute Gasteiger partial charge is 0.264 e. The minimum Gasteiger partial charge on any atom is -0.264 e. The standard InChI is InChI=1S/C47H29N3/c1-5-13-39-34(9-1)26-35-10-2-6-14-40(35)45(39)43-28-44(46-41-15-7-3-11-36(41)27-37-12-4-8-16-42(37)46)50-47(49-43)31-19-17-30(18-20-31)32-21-22-38-29-48-24-23-33(38)25-32/h1-29H. The molecular formula is C47H29N3. The Morgan fingerprint density at radius 1 is 0.320 bits per heavy atom. The van der Waals surface area contributed by atoms with Gasteiger partial charge >= 0.3 is 0 Å². The maximum Gasteiger partial charge on any atom is 0.160 e. The summed E-state index contributed by atoms with van der Waals surface area (Å²) in [6.07, 6.45) is 3.75. The van der Waals surface area contributed by atoms with E-state index in [1.807, 2.05) is 12.4 Å². The SMILES string of the molecule is c1ccc2c(-c3cc(-c4c5ccccc5cc5ccccc45)nc(-c4ccc(-c5ccc6cnccc6c5)cc4)n3)c3ccccc3cc2c1. The molecule has 0 atom stereocenters. The van der Waals surface area contributed by atoms with Crippen molar-refractivity contribution in [2.45, 2.75) is 0 Å². The maximum absolute atomic E-state index is 5.39. The molecule has 10 aromatic rings. The maximum atomic E-state index is 5.39. The Hall–Kier alpha value is -6.71. The highest BCUT2D eigenvalue weighted by molar-refractivity contribution is 6.14. The van der Waals surface area contributed by atoms with E-state index in [0.29, 0.717) is 5.82 Å². The lowest BCUT2D eigenvalue weighted by atomic mass is 9.92. The van der Waals surface area contributed by atoms with E-state index in [2.05, 4.69) is 169 Å². The lowest BCUT2D eigenvalue weighted by molar-refractivity contribution is 1.19. The van der Waals surface area contributed by atoms with Crippen LogP contribution in [-0.2, 0) is 0 Å². The van der Waals surface area contributed by atoms with E-state index in [-0.39, 0.29) is 0 Å². The fourth-order valence-electron chi connectivity index (χ4n) is 7.49. The van der Waals surface area contributed by atoms with Gasteiger partial charge in [0, 0.05) is 34.5 Å². The molecule has 0 radical (unpaired) electrons. The first-order chi connectivity index (χ1) is 24.8. The molecule has 3 nitrogen and oxygen atoms in total. The van der Waals surface area contributed by atoms with Crippen molar-refractivity contribution in [1.29, 1.82) is 0 Å². The van der Waals surface area contributed by atoms with Crippen LogP contribution in [0.4, 0.5) is 0 Å². The summed E-state index contributed by atoms with van der Waals surface area (Å²) >= 11 is 0. The average Bonchev–Trinajstić information content (AvgIpc) is 3.18. The molecular weight excluding hydrogens is 607 g/mol. The number of hydrogen-bond acceptors (Lipinski definition) is 3. The number of pyridine rings is 1. The van der Waals surface area contributed by atoms with Gasteiger partial charge < -0.3 is 0 Å². The van der Waals surface area contributed by atoms with Gasteiger partial charge in [-0.2, -0.15) is 0 Å². The van der Waals surface area contributed by atoms with E-state index in [0.717, 1.165) is 44.6 Å². The quantitative estimate of drug-likeness (QED) is 0.181. The molecule has 8 aromatic carbocycles. The van der Waals surface area contributed by atoms with Gasteiger partial charge in [0.15, 0.2) is 5.82 Å². The van der Waals surface area contributed by atoms with Crippen LogP contribution in [0.1, 0.15) is 0 Å². The fraction of sp³-hybridized carbons (Fsp3) is 0. The highest BCUT2D eigenvalue weighted by atomic mass is 14.9. The van der Waals surface area contributed by atoms with E-state index in [9.17, 15) is 0 Å². The van der Waals surface area contributed by atoms with Gasteiger partial charge in [-0.15, -0.1) is 0 Å². The lowest BCUT2D eigenvalue weighted by Crippen LogP contribution is -1.98. The number of nitrogens with zero attached hydrogens (tertiary/aromatic N) is 3. The number of fused-ring (bicyclic) bond motifs is 5. The third kappa shape index (κ3) is 4.71. The molecule has 10 rings (SSSR count). The zero-order chi connectivity index (χ0) is 33.0. The number of hydrogen-bond donors (Lipinski definition) is 0. The van der Waals surface area contributed by atoms with Crippen molar-refractivity contribution in [2.24, 2.45) is 0 Å². The van der Waals surface area contributed by atoms with Crippen LogP contribution >= 0.6 is 0 Å². The molecule has 0 aliphatic heterocycles. The molecule has 0 unspecified atom stereocenters. The first-order valence-electron chi connectivity index (χ1n) is 16.9. The molecule has 3 heteroatoms. The van der Waals surface area contributed by atoms with Crippen molar-refractivity contribution in [3.63, 3.8) is 0 Å². The molecule has 0 N–H and O–H groups in total. The molecule has 0 saturated carbocycles. The Morgan fingerprint density at radius 2 is 0.780 bits per heavy atom. The first-order valence-corrected chi connectivity index (χ1v) is 16.9. The second kappa shape index (κ2) is 11.5. The molecule has 232 valence electrons. The van der Waals surface area contributed by atoms with Crippen LogP contribution in [0.15, 0.2) is 176 Å². The minimum absolute atomic E-state index is 0.697. The smallest absolute Gasteiger partial charge is 0.160 e. The van der Waals surface area contributed by atoms with Crippen molar-refractivity contribution < 1.29 is 0 Å². The highest BCUT2D eigenvalue weighted by Crippen LogP contribution is 2.41. The molecule has 0 fully saturated rings. The predicted octanol–water partition coefficient (Wildman–Crippen LogP) is 12.3. The number of aromatic nitrogens is 3. The van der Waals surface area contributed by atoms with Gasteiger partial charge in [0.2, 0.25) is 0 Å². The van der Waals surface area contributed by atoms with Crippen LogP contribution in [0.5, 0.6) is 0 Å². The molecule has 2 aromatic heterocycles. The summed E-state index contributed by atoms with van der Waals surface area (Å²) in [5, 5.41) is 11.8. The number of rotatable bonds is 4. The summed E-state index contributed by atoms with van der Waals surface area (Å²) in [4.78, 5) is 15.0. The lowest BCUT2D eigenvalue weighted by Gasteiger charge is -2.16. The van der Waals surface area contributed by atoms with Gasteiger partial charge in [0.25, 0.3) is 0 Å². The Bertz CT molecular complexity index is 2680. The average molecular weight is 636 g/mol. The predicted molar refractivity (Wildman–Crippen MR) is 209 cm³/mol.